The van der Waals surface area contributed by atoms with Crippen molar-refractivity contribution in [3.8, 4) is 21.9 Å². The van der Waals surface area contributed by atoms with Crippen molar-refractivity contribution in [2.45, 2.75) is 6.42 Å². The van der Waals surface area contributed by atoms with E-state index in [9.17, 15) is 4.79 Å². The molecule has 0 saturated carbocycles. The van der Waals surface area contributed by atoms with Gasteiger partial charge in [-0.25, -0.2) is 9.36 Å². The number of benzene rings is 2. The van der Waals surface area contributed by atoms with Crippen LogP contribution in [0.2, 0.25) is 0 Å². The molecule has 2 aromatic carbocycles. The highest BCUT2D eigenvalue weighted by Gasteiger charge is 2.19. The van der Waals surface area contributed by atoms with Gasteiger partial charge in [-0.05, 0) is 47.7 Å². The Labute approximate surface area is 189 Å². The SMILES string of the molecule is O=C(NCCc1cnn(-c2ccccc2)c1)c1cn(-c2ccccc2)nc1-c1cccs1. The highest BCUT2D eigenvalue weighted by molar-refractivity contribution is 7.13. The average Bonchev–Trinajstić information content (AvgIpc) is 3.61. The second-order valence-electron chi connectivity index (χ2n) is 7.28. The number of amides is 1. The number of hydrogen-bond donors (Lipinski definition) is 1. The van der Waals surface area contributed by atoms with Crippen LogP contribution in [-0.2, 0) is 6.42 Å². The number of aromatic nitrogens is 4. The minimum Gasteiger partial charge on any atom is -0.352 e. The van der Waals surface area contributed by atoms with E-state index in [-0.39, 0.29) is 5.91 Å². The van der Waals surface area contributed by atoms with E-state index in [1.165, 1.54) is 0 Å². The maximum absolute atomic E-state index is 13.0. The summed E-state index contributed by atoms with van der Waals surface area (Å²) in [5.41, 5.74) is 4.25. The molecule has 0 atom stereocenters. The van der Waals surface area contributed by atoms with E-state index in [1.807, 2.05) is 95.3 Å². The molecule has 0 bridgehead atoms. The summed E-state index contributed by atoms with van der Waals surface area (Å²) in [4.78, 5) is 14.0. The average molecular weight is 440 g/mol. The molecule has 32 heavy (non-hydrogen) atoms. The van der Waals surface area contributed by atoms with E-state index < -0.39 is 0 Å². The van der Waals surface area contributed by atoms with Gasteiger partial charge in [0.1, 0.15) is 5.69 Å². The van der Waals surface area contributed by atoms with E-state index in [4.69, 9.17) is 5.10 Å². The fourth-order valence-electron chi connectivity index (χ4n) is 3.48. The summed E-state index contributed by atoms with van der Waals surface area (Å²) in [5, 5.41) is 14.1. The van der Waals surface area contributed by atoms with E-state index >= 15 is 0 Å². The number of carbonyl (C=O) groups excluding carboxylic acids is 1. The lowest BCUT2D eigenvalue weighted by Gasteiger charge is -2.04. The molecule has 0 radical (unpaired) electrons. The van der Waals surface area contributed by atoms with Crippen molar-refractivity contribution in [2.24, 2.45) is 0 Å². The molecule has 0 fully saturated rings. The first-order valence-electron chi connectivity index (χ1n) is 10.3. The highest BCUT2D eigenvalue weighted by atomic mass is 32.1. The molecule has 0 spiro atoms. The minimum atomic E-state index is -0.133. The first-order valence-corrected chi connectivity index (χ1v) is 11.2. The van der Waals surface area contributed by atoms with Crippen LogP contribution in [0.5, 0.6) is 0 Å². The Morgan fingerprint density at radius 1 is 0.875 bits per heavy atom. The van der Waals surface area contributed by atoms with Crippen LogP contribution < -0.4 is 5.32 Å². The summed E-state index contributed by atoms with van der Waals surface area (Å²) < 4.78 is 3.60. The van der Waals surface area contributed by atoms with Crippen molar-refractivity contribution in [3.05, 3.63) is 108 Å². The summed E-state index contributed by atoms with van der Waals surface area (Å²) in [7, 11) is 0. The van der Waals surface area contributed by atoms with Gasteiger partial charge in [0, 0.05) is 18.9 Å². The molecule has 0 aliphatic rings. The number of nitrogens with zero attached hydrogens (tertiary/aromatic N) is 4. The molecule has 0 aliphatic heterocycles. The van der Waals surface area contributed by atoms with E-state index in [2.05, 4.69) is 10.4 Å². The summed E-state index contributed by atoms with van der Waals surface area (Å²) in [6.45, 7) is 0.514. The number of hydrogen-bond acceptors (Lipinski definition) is 4. The monoisotopic (exact) mass is 439 g/mol. The lowest BCUT2D eigenvalue weighted by molar-refractivity contribution is 0.0955. The van der Waals surface area contributed by atoms with Gasteiger partial charge < -0.3 is 5.32 Å². The molecule has 5 rings (SSSR count). The van der Waals surface area contributed by atoms with Crippen molar-refractivity contribution >= 4 is 17.2 Å². The van der Waals surface area contributed by atoms with Crippen molar-refractivity contribution in [1.82, 2.24) is 24.9 Å². The maximum atomic E-state index is 13.0. The fraction of sp³-hybridized carbons (Fsp3) is 0.0800. The van der Waals surface area contributed by atoms with Crippen molar-refractivity contribution in [1.29, 1.82) is 0 Å². The topological polar surface area (TPSA) is 64.7 Å². The van der Waals surface area contributed by atoms with Crippen LogP contribution in [0.15, 0.2) is 96.8 Å². The predicted octanol–water partition coefficient (Wildman–Crippen LogP) is 4.76. The molecule has 7 heteroatoms. The summed E-state index contributed by atoms with van der Waals surface area (Å²) in [6, 6.07) is 23.7. The van der Waals surface area contributed by atoms with Crippen LogP contribution in [0.3, 0.4) is 0 Å². The van der Waals surface area contributed by atoms with E-state index in [1.54, 1.807) is 22.2 Å². The zero-order valence-electron chi connectivity index (χ0n) is 17.3. The third kappa shape index (κ3) is 4.24. The van der Waals surface area contributed by atoms with Gasteiger partial charge in [0.15, 0.2) is 0 Å². The Morgan fingerprint density at radius 3 is 2.28 bits per heavy atom. The smallest absolute Gasteiger partial charge is 0.255 e. The normalized spacial score (nSPS) is 10.9. The Kier molecular flexibility index (Phi) is 5.63. The Hall–Kier alpha value is -3.97. The minimum absolute atomic E-state index is 0.133. The van der Waals surface area contributed by atoms with Gasteiger partial charge in [-0.15, -0.1) is 11.3 Å². The largest absolute Gasteiger partial charge is 0.352 e. The predicted molar refractivity (Wildman–Crippen MR) is 126 cm³/mol. The molecule has 6 nitrogen and oxygen atoms in total. The van der Waals surface area contributed by atoms with Crippen LogP contribution in [0.1, 0.15) is 15.9 Å². The molecule has 3 aromatic heterocycles. The molecule has 1 N–H and O–H groups in total. The van der Waals surface area contributed by atoms with E-state index in [0.29, 0.717) is 24.2 Å². The molecule has 5 aromatic rings. The quantitative estimate of drug-likeness (QED) is 0.398. The second kappa shape index (κ2) is 9.03. The summed E-state index contributed by atoms with van der Waals surface area (Å²) in [6.07, 6.45) is 6.32. The molecular formula is C25H21N5OS. The number of thiophene rings is 1. The highest BCUT2D eigenvalue weighted by Crippen LogP contribution is 2.27. The maximum Gasteiger partial charge on any atom is 0.255 e. The summed E-state index contributed by atoms with van der Waals surface area (Å²) >= 11 is 1.57. The van der Waals surface area contributed by atoms with Crippen LogP contribution in [0.4, 0.5) is 0 Å². The molecule has 0 aliphatic carbocycles. The molecule has 1 amide bonds. The van der Waals surface area contributed by atoms with Crippen LogP contribution >= 0.6 is 11.3 Å². The third-order valence-corrected chi connectivity index (χ3v) is 5.97. The zero-order chi connectivity index (χ0) is 21.8. The Morgan fingerprint density at radius 2 is 1.59 bits per heavy atom. The van der Waals surface area contributed by atoms with Crippen molar-refractivity contribution in [3.63, 3.8) is 0 Å². The van der Waals surface area contributed by atoms with Gasteiger partial charge in [-0.1, -0.05) is 42.5 Å². The lowest BCUT2D eigenvalue weighted by Crippen LogP contribution is -2.25. The zero-order valence-corrected chi connectivity index (χ0v) is 18.1. The van der Waals surface area contributed by atoms with Crippen molar-refractivity contribution < 1.29 is 4.79 Å². The molecule has 0 saturated heterocycles. The number of rotatable bonds is 7. The molecular weight excluding hydrogens is 418 g/mol. The third-order valence-electron chi connectivity index (χ3n) is 5.09. The Bertz CT molecular complexity index is 1310. The van der Waals surface area contributed by atoms with Gasteiger partial charge in [-0.3, -0.25) is 4.79 Å². The lowest BCUT2D eigenvalue weighted by atomic mass is 10.2. The summed E-state index contributed by atoms with van der Waals surface area (Å²) in [5.74, 6) is -0.133. The van der Waals surface area contributed by atoms with Crippen LogP contribution in [-0.4, -0.2) is 32.0 Å². The van der Waals surface area contributed by atoms with Gasteiger partial charge in [0.25, 0.3) is 5.91 Å². The van der Waals surface area contributed by atoms with Crippen LogP contribution in [0, 0.1) is 0 Å². The van der Waals surface area contributed by atoms with E-state index in [0.717, 1.165) is 21.8 Å². The van der Waals surface area contributed by atoms with Crippen LogP contribution in [0.25, 0.3) is 21.9 Å². The second-order valence-corrected chi connectivity index (χ2v) is 8.23. The Balaban J connectivity index is 1.30. The number of para-hydroxylation sites is 2. The standard InChI is InChI=1S/C25H21N5OS/c31-25(26-14-13-19-16-27-29(17-19)20-8-3-1-4-9-20)22-18-30(21-10-5-2-6-11-21)28-24(22)23-12-7-15-32-23/h1-12,15-18H,13-14H2,(H,26,31). The first-order chi connectivity index (χ1) is 15.8. The number of carbonyl (C=O) groups is 1. The van der Waals surface area contributed by atoms with Gasteiger partial charge in [0.2, 0.25) is 0 Å². The molecule has 3 heterocycles. The van der Waals surface area contributed by atoms with Gasteiger partial charge >= 0.3 is 0 Å². The van der Waals surface area contributed by atoms with Gasteiger partial charge in [0.05, 0.1) is 28.0 Å². The fourth-order valence-corrected chi connectivity index (χ4v) is 4.20. The molecule has 0 unspecified atom stereocenters. The first kappa shape index (κ1) is 20.0. The molecule has 158 valence electrons. The van der Waals surface area contributed by atoms with Crippen molar-refractivity contribution in [2.75, 3.05) is 6.54 Å². The van der Waals surface area contributed by atoms with Gasteiger partial charge in [-0.2, -0.15) is 10.2 Å². The number of nitrogens with one attached hydrogen (secondary N) is 1.